The summed E-state index contributed by atoms with van der Waals surface area (Å²) in [6, 6.07) is 7.75. The van der Waals surface area contributed by atoms with Gasteiger partial charge in [-0.1, -0.05) is 37.7 Å². The van der Waals surface area contributed by atoms with Crippen LogP contribution in [0.2, 0.25) is 0 Å². The van der Waals surface area contributed by atoms with Crippen molar-refractivity contribution in [2.75, 3.05) is 16.4 Å². The van der Waals surface area contributed by atoms with Crippen LogP contribution in [0.4, 0.5) is 5.69 Å². The van der Waals surface area contributed by atoms with Crippen molar-refractivity contribution in [3.05, 3.63) is 29.8 Å². The second kappa shape index (κ2) is 6.52. The average molecular weight is 367 g/mol. The third-order valence-corrected chi connectivity index (χ3v) is 7.36. The Morgan fingerprint density at radius 1 is 1.38 bits per heavy atom. The molecule has 1 aromatic rings. The van der Waals surface area contributed by atoms with Crippen LogP contribution in [0.3, 0.4) is 0 Å². The number of aliphatic imine (C=N–C) groups is 1. The van der Waals surface area contributed by atoms with E-state index in [4.69, 9.17) is 0 Å². The fourth-order valence-corrected chi connectivity index (χ4v) is 7.08. The highest BCUT2D eigenvalue weighted by atomic mass is 32.2. The number of amides is 1. The van der Waals surface area contributed by atoms with Crippen LogP contribution >= 0.6 is 11.8 Å². The quantitative estimate of drug-likeness (QED) is 0.823. The van der Waals surface area contributed by atoms with Gasteiger partial charge in [0, 0.05) is 17.4 Å². The molecule has 130 valence electrons. The smallest absolute Gasteiger partial charge is 0.248 e. The summed E-state index contributed by atoms with van der Waals surface area (Å²) in [5.41, 5.74) is 2.00. The van der Waals surface area contributed by atoms with Crippen molar-refractivity contribution in [2.45, 2.75) is 38.5 Å². The zero-order chi connectivity index (χ0) is 17.5. The SMILES string of the molecule is Cc1cccc(N2C(=NC(=O)CC(C)C)S[C@H]3CS(=O)(=O)C[C@H]32)c1. The minimum Gasteiger partial charge on any atom is -0.316 e. The normalized spacial score (nSPS) is 27.0. The van der Waals surface area contributed by atoms with Crippen molar-refractivity contribution >= 4 is 38.4 Å². The Kier molecular flexibility index (Phi) is 4.75. The van der Waals surface area contributed by atoms with Gasteiger partial charge in [0.2, 0.25) is 5.91 Å². The molecule has 24 heavy (non-hydrogen) atoms. The van der Waals surface area contributed by atoms with E-state index in [1.807, 2.05) is 49.9 Å². The fourth-order valence-electron chi connectivity index (χ4n) is 3.15. The molecule has 0 saturated carbocycles. The molecule has 0 spiro atoms. The summed E-state index contributed by atoms with van der Waals surface area (Å²) >= 11 is 1.42. The zero-order valence-corrected chi connectivity index (χ0v) is 15.7. The minimum absolute atomic E-state index is 0.0545. The van der Waals surface area contributed by atoms with E-state index < -0.39 is 9.84 Å². The molecule has 7 heteroatoms. The predicted molar refractivity (Wildman–Crippen MR) is 99.4 cm³/mol. The van der Waals surface area contributed by atoms with Gasteiger partial charge < -0.3 is 4.90 Å². The number of thioether (sulfide) groups is 1. The summed E-state index contributed by atoms with van der Waals surface area (Å²) in [7, 11) is -3.03. The molecule has 0 unspecified atom stereocenters. The molecule has 0 aromatic heterocycles. The van der Waals surface area contributed by atoms with Crippen LogP contribution in [-0.2, 0) is 14.6 Å². The van der Waals surface area contributed by atoms with Crippen LogP contribution in [0.25, 0.3) is 0 Å². The second-order valence-electron chi connectivity index (χ2n) is 6.90. The van der Waals surface area contributed by atoms with E-state index in [0.29, 0.717) is 11.6 Å². The number of sulfone groups is 1. The van der Waals surface area contributed by atoms with E-state index >= 15 is 0 Å². The average Bonchev–Trinajstić information content (AvgIpc) is 2.88. The summed E-state index contributed by atoms with van der Waals surface area (Å²) < 4.78 is 24.0. The molecule has 2 heterocycles. The number of rotatable bonds is 3. The Morgan fingerprint density at radius 2 is 2.12 bits per heavy atom. The molecular weight excluding hydrogens is 344 g/mol. The summed E-state index contributed by atoms with van der Waals surface area (Å²) in [6.07, 6.45) is 0.402. The van der Waals surface area contributed by atoms with Gasteiger partial charge in [-0.3, -0.25) is 4.79 Å². The van der Waals surface area contributed by atoms with Gasteiger partial charge in [0.1, 0.15) is 0 Å². The van der Waals surface area contributed by atoms with Gasteiger partial charge >= 0.3 is 0 Å². The third-order valence-electron chi connectivity index (χ3n) is 4.15. The molecule has 3 rings (SSSR count). The molecule has 0 radical (unpaired) electrons. The molecule has 5 nitrogen and oxygen atoms in total. The van der Waals surface area contributed by atoms with E-state index in [1.54, 1.807) is 0 Å². The number of fused-ring (bicyclic) bond motifs is 1. The number of hydrogen-bond acceptors (Lipinski definition) is 4. The lowest BCUT2D eigenvalue weighted by atomic mass is 10.1. The van der Waals surface area contributed by atoms with E-state index in [9.17, 15) is 13.2 Å². The van der Waals surface area contributed by atoms with Gasteiger partial charge in [0.25, 0.3) is 0 Å². The second-order valence-corrected chi connectivity index (χ2v) is 10.3. The first-order valence-corrected chi connectivity index (χ1v) is 10.8. The van der Waals surface area contributed by atoms with Crippen molar-refractivity contribution < 1.29 is 13.2 Å². The number of nitrogens with zero attached hydrogens (tertiary/aromatic N) is 2. The van der Waals surface area contributed by atoms with Crippen molar-refractivity contribution in [2.24, 2.45) is 10.9 Å². The summed E-state index contributed by atoms with van der Waals surface area (Å²) in [6.45, 7) is 5.97. The van der Waals surface area contributed by atoms with Crippen molar-refractivity contribution in [3.8, 4) is 0 Å². The van der Waals surface area contributed by atoms with Crippen LogP contribution in [0, 0.1) is 12.8 Å². The Hall–Kier alpha value is -1.34. The topological polar surface area (TPSA) is 66.8 Å². The molecule has 2 aliphatic heterocycles. The number of benzene rings is 1. The lowest BCUT2D eigenvalue weighted by Crippen LogP contribution is -2.37. The molecule has 2 atom stereocenters. The first-order chi connectivity index (χ1) is 11.2. The Morgan fingerprint density at radius 3 is 2.79 bits per heavy atom. The maximum atomic E-state index is 12.2. The van der Waals surface area contributed by atoms with Crippen LogP contribution < -0.4 is 4.90 Å². The lowest BCUT2D eigenvalue weighted by Gasteiger charge is -2.24. The maximum Gasteiger partial charge on any atom is 0.248 e. The van der Waals surface area contributed by atoms with Crippen molar-refractivity contribution in [1.82, 2.24) is 0 Å². The molecule has 0 bridgehead atoms. The van der Waals surface area contributed by atoms with Crippen LogP contribution in [0.5, 0.6) is 0 Å². The predicted octanol–water partition coefficient (Wildman–Crippen LogP) is 2.64. The van der Waals surface area contributed by atoms with Crippen LogP contribution in [-0.4, -0.2) is 42.3 Å². The highest BCUT2D eigenvalue weighted by Gasteiger charge is 2.49. The molecule has 2 aliphatic rings. The van der Waals surface area contributed by atoms with Crippen molar-refractivity contribution in [1.29, 1.82) is 0 Å². The number of carbonyl (C=O) groups is 1. The number of carbonyl (C=O) groups excluding carboxylic acids is 1. The first-order valence-electron chi connectivity index (χ1n) is 8.09. The van der Waals surface area contributed by atoms with Gasteiger partial charge in [-0.05, 0) is 30.5 Å². The van der Waals surface area contributed by atoms with Gasteiger partial charge in [-0.2, -0.15) is 4.99 Å². The van der Waals surface area contributed by atoms with E-state index in [2.05, 4.69) is 4.99 Å². The van der Waals surface area contributed by atoms with Gasteiger partial charge in [0.05, 0.1) is 17.5 Å². The lowest BCUT2D eigenvalue weighted by molar-refractivity contribution is -0.118. The molecule has 1 aromatic carbocycles. The minimum atomic E-state index is -3.03. The zero-order valence-electron chi connectivity index (χ0n) is 14.1. The van der Waals surface area contributed by atoms with Crippen LogP contribution in [0.1, 0.15) is 25.8 Å². The molecule has 2 fully saturated rings. The highest BCUT2D eigenvalue weighted by molar-refractivity contribution is 8.16. The standard InChI is InChI=1S/C17H22N2O3S2/c1-11(2)7-16(20)18-17-19(13-6-4-5-12(3)8-13)14-9-24(21,22)10-15(14)23-17/h4-6,8,11,14-15H,7,9-10H2,1-3H3/t14-,15+/m1/s1. The summed E-state index contributed by atoms with van der Waals surface area (Å²) in [5, 5.41) is 0.581. The Balaban J connectivity index is 1.97. The van der Waals surface area contributed by atoms with Crippen LogP contribution in [0.15, 0.2) is 29.3 Å². The molecular formula is C17H22N2O3S2. The Bertz CT molecular complexity index is 787. The first kappa shape index (κ1) is 17.5. The number of hydrogen-bond donors (Lipinski definition) is 0. The summed E-state index contributed by atoms with van der Waals surface area (Å²) in [5.74, 6) is 0.381. The fraction of sp³-hybridized carbons (Fsp3) is 0.529. The van der Waals surface area contributed by atoms with E-state index in [0.717, 1.165) is 11.3 Å². The number of anilines is 1. The Labute approximate surface area is 147 Å². The van der Waals surface area contributed by atoms with Crippen molar-refractivity contribution in [3.63, 3.8) is 0 Å². The monoisotopic (exact) mass is 366 g/mol. The molecule has 1 amide bonds. The molecule has 0 aliphatic carbocycles. The number of aryl methyl sites for hydroxylation is 1. The molecule has 2 saturated heterocycles. The third kappa shape index (κ3) is 3.67. The number of amidine groups is 1. The van der Waals surface area contributed by atoms with Gasteiger partial charge in [0.15, 0.2) is 15.0 Å². The summed E-state index contributed by atoms with van der Waals surface area (Å²) in [4.78, 5) is 18.4. The maximum absolute atomic E-state index is 12.2. The van der Waals surface area contributed by atoms with Gasteiger partial charge in [-0.25, -0.2) is 8.42 Å². The highest BCUT2D eigenvalue weighted by Crippen LogP contribution is 2.41. The van der Waals surface area contributed by atoms with E-state index in [-0.39, 0.29) is 34.6 Å². The largest absolute Gasteiger partial charge is 0.316 e. The van der Waals surface area contributed by atoms with Gasteiger partial charge in [-0.15, -0.1) is 0 Å². The van der Waals surface area contributed by atoms with E-state index in [1.165, 1.54) is 11.8 Å². The molecule has 0 N–H and O–H groups in total.